The lowest BCUT2D eigenvalue weighted by Gasteiger charge is -2.31. The number of ether oxygens (including phenoxy) is 3. The molecule has 1 aliphatic rings. The minimum absolute atomic E-state index is 0.0244. The maximum atomic E-state index is 12.8. The Balaban J connectivity index is 2.53. The summed E-state index contributed by atoms with van der Waals surface area (Å²) in [6, 6.07) is 0. The molecule has 5 nitrogen and oxygen atoms in total. The quantitative estimate of drug-likeness (QED) is 0.381. The van der Waals surface area contributed by atoms with Crippen LogP contribution in [0.4, 0.5) is 0 Å². The summed E-state index contributed by atoms with van der Waals surface area (Å²) in [4.78, 5) is 12.8. The third kappa shape index (κ3) is 9.12. The summed E-state index contributed by atoms with van der Waals surface area (Å²) in [5, 5.41) is 3.52. The van der Waals surface area contributed by atoms with Crippen molar-refractivity contribution < 1.29 is 19.0 Å². The lowest BCUT2D eigenvalue weighted by molar-refractivity contribution is -0.121. The maximum Gasteiger partial charge on any atom is 0.239 e. The fourth-order valence-electron chi connectivity index (χ4n) is 2.77. The minimum Gasteiger partial charge on any atom is -0.381 e. The van der Waals surface area contributed by atoms with E-state index in [1.807, 2.05) is 33.8 Å². The van der Waals surface area contributed by atoms with Gasteiger partial charge in [0.05, 0.1) is 24.6 Å². The fraction of sp³-hybridized carbons (Fsp3) is 0.773. The molecule has 162 valence electrons. The van der Waals surface area contributed by atoms with E-state index in [1.165, 1.54) is 0 Å². The molecular formula is C22H39NO4S. The van der Waals surface area contributed by atoms with Crippen molar-refractivity contribution in [2.45, 2.75) is 64.4 Å². The van der Waals surface area contributed by atoms with Gasteiger partial charge in [-0.25, -0.2) is 0 Å². The van der Waals surface area contributed by atoms with Crippen molar-refractivity contribution in [2.24, 2.45) is 5.41 Å². The molecule has 0 atom stereocenters. The molecule has 6 heteroatoms. The Morgan fingerprint density at radius 1 is 1.21 bits per heavy atom. The molecule has 0 unspecified atom stereocenters. The summed E-state index contributed by atoms with van der Waals surface area (Å²) in [6.07, 6.45) is 3.95. The highest BCUT2D eigenvalue weighted by Gasteiger charge is 2.32. The van der Waals surface area contributed by atoms with Crippen LogP contribution in [-0.2, 0) is 19.0 Å². The monoisotopic (exact) mass is 413 g/mol. The van der Waals surface area contributed by atoms with E-state index >= 15 is 0 Å². The van der Waals surface area contributed by atoms with Crippen molar-refractivity contribution in [1.29, 1.82) is 0 Å². The van der Waals surface area contributed by atoms with E-state index < -0.39 is 4.75 Å². The second-order valence-corrected chi connectivity index (χ2v) is 10.3. The molecule has 0 aromatic rings. The molecule has 1 saturated heterocycles. The van der Waals surface area contributed by atoms with Gasteiger partial charge in [-0.1, -0.05) is 20.4 Å². The molecule has 1 rings (SSSR count). The smallest absolute Gasteiger partial charge is 0.239 e. The Hall–Kier alpha value is -0.820. The van der Waals surface area contributed by atoms with Crippen molar-refractivity contribution in [3.05, 3.63) is 23.9 Å². The molecular weight excluding hydrogens is 374 g/mol. The number of allylic oxidation sites excluding steroid dienone is 2. The van der Waals surface area contributed by atoms with Crippen LogP contribution in [0, 0.1) is 5.41 Å². The van der Waals surface area contributed by atoms with E-state index in [9.17, 15) is 4.79 Å². The van der Waals surface area contributed by atoms with E-state index in [4.69, 9.17) is 14.2 Å². The van der Waals surface area contributed by atoms with Gasteiger partial charge in [0.2, 0.25) is 5.91 Å². The highest BCUT2D eigenvalue weighted by Crippen LogP contribution is 2.34. The van der Waals surface area contributed by atoms with E-state index in [0.717, 1.165) is 37.3 Å². The average Bonchev–Trinajstić information content (AvgIpc) is 2.61. The van der Waals surface area contributed by atoms with Crippen molar-refractivity contribution in [3.63, 3.8) is 0 Å². The number of hydrogen-bond acceptors (Lipinski definition) is 5. The number of rotatable bonds is 12. The molecule has 0 aliphatic carbocycles. The van der Waals surface area contributed by atoms with Gasteiger partial charge in [0.15, 0.2) is 0 Å². The Kier molecular flexibility index (Phi) is 10.8. The largest absolute Gasteiger partial charge is 0.381 e. The average molecular weight is 414 g/mol. The van der Waals surface area contributed by atoms with Gasteiger partial charge in [0, 0.05) is 36.2 Å². The Labute approximate surface area is 175 Å². The third-order valence-corrected chi connectivity index (χ3v) is 6.37. The van der Waals surface area contributed by atoms with Crippen molar-refractivity contribution in [3.8, 4) is 0 Å². The topological polar surface area (TPSA) is 56.8 Å². The summed E-state index contributed by atoms with van der Waals surface area (Å²) in [5.74, 6) is 0.0244. The van der Waals surface area contributed by atoms with Crippen LogP contribution in [0.1, 0.15) is 54.4 Å². The molecule has 1 N–H and O–H groups in total. The zero-order valence-electron chi connectivity index (χ0n) is 18.6. The van der Waals surface area contributed by atoms with Gasteiger partial charge >= 0.3 is 0 Å². The van der Waals surface area contributed by atoms with Crippen LogP contribution in [-0.4, -0.2) is 55.5 Å². The van der Waals surface area contributed by atoms with E-state index in [0.29, 0.717) is 31.7 Å². The highest BCUT2D eigenvalue weighted by atomic mass is 32.2. The lowest BCUT2D eigenvalue weighted by atomic mass is 9.85. The first-order valence-corrected chi connectivity index (χ1v) is 11.1. The van der Waals surface area contributed by atoms with Gasteiger partial charge in [-0.2, -0.15) is 0 Å². The molecule has 0 spiro atoms. The van der Waals surface area contributed by atoms with Crippen LogP contribution in [0.5, 0.6) is 0 Å². The van der Waals surface area contributed by atoms with Crippen molar-refractivity contribution in [1.82, 2.24) is 5.32 Å². The summed E-state index contributed by atoms with van der Waals surface area (Å²) < 4.78 is 15.9. The first-order valence-electron chi connectivity index (χ1n) is 10.2. The zero-order chi connectivity index (χ0) is 21.2. The van der Waals surface area contributed by atoms with Crippen LogP contribution in [0.15, 0.2) is 23.9 Å². The van der Waals surface area contributed by atoms with Gasteiger partial charge in [-0.3, -0.25) is 4.79 Å². The predicted octanol–water partition coefficient (Wildman–Crippen LogP) is 4.33. The molecule has 0 aromatic heterocycles. The number of carbonyl (C=O) groups is 1. The summed E-state index contributed by atoms with van der Waals surface area (Å²) in [5.41, 5.74) is 1.51. The predicted molar refractivity (Wildman–Crippen MR) is 118 cm³/mol. The van der Waals surface area contributed by atoms with E-state index in [2.05, 4.69) is 25.7 Å². The molecule has 1 heterocycles. The van der Waals surface area contributed by atoms with Gasteiger partial charge < -0.3 is 19.5 Å². The fourth-order valence-corrected chi connectivity index (χ4v) is 4.19. The SMILES string of the molecule is C=C(/C=C(\C)NC(=O)C(C)(C)SC1CCOCC1)C(C)(C)COCCOCC. The summed E-state index contributed by atoms with van der Waals surface area (Å²) in [6.45, 7) is 20.2. The minimum atomic E-state index is -0.490. The number of carbonyl (C=O) groups excluding carboxylic acids is 1. The lowest BCUT2D eigenvalue weighted by Crippen LogP contribution is -2.41. The molecule has 0 saturated carbocycles. The normalized spacial score (nSPS) is 16.9. The number of nitrogens with one attached hydrogen (secondary N) is 1. The maximum absolute atomic E-state index is 12.8. The van der Waals surface area contributed by atoms with Gasteiger partial charge in [-0.15, -0.1) is 11.8 Å². The number of hydrogen-bond donors (Lipinski definition) is 1. The number of amides is 1. The van der Waals surface area contributed by atoms with Gasteiger partial charge in [0.25, 0.3) is 0 Å². The Bertz CT molecular complexity index is 537. The molecule has 1 amide bonds. The second kappa shape index (κ2) is 12.0. The van der Waals surface area contributed by atoms with Crippen LogP contribution in [0.3, 0.4) is 0 Å². The van der Waals surface area contributed by atoms with Gasteiger partial charge in [0.1, 0.15) is 0 Å². The summed E-state index contributed by atoms with van der Waals surface area (Å²) in [7, 11) is 0. The molecule has 0 aromatic carbocycles. The molecule has 1 fully saturated rings. The third-order valence-electron chi connectivity index (χ3n) is 4.79. The standard InChI is InChI=1S/C22H39NO4S/c1-8-25-13-14-27-16-21(4,5)17(2)15-18(3)23-20(24)22(6,7)28-19-9-11-26-12-10-19/h15,19H,2,8-14,16H2,1,3-7H3,(H,23,24)/b18-15+. The molecule has 28 heavy (non-hydrogen) atoms. The first-order chi connectivity index (χ1) is 13.1. The second-order valence-electron chi connectivity index (χ2n) is 8.38. The van der Waals surface area contributed by atoms with Crippen LogP contribution < -0.4 is 5.32 Å². The van der Waals surface area contributed by atoms with E-state index in [-0.39, 0.29) is 11.3 Å². The van der Waals surface area contributed by atoms with Crippen molar-refractivity contribution >= 4 is 17.7 Å². The van der Waals surface area contributed by atoms with Crippen LogP contribution in [0.2, 0.25) is 0 Å². The Morgan fingerprint density at radius 3 is 2.43 bits per heavy atom. The Morgan fingerprint density at radius 2 is 1.82 bits per heavy atom. The molecule has 1 aliphatic heterocycles. The zero-order valence-corrected chi connectivity index (χ0v) is 19.4. The van der Waals surface area contributed by atoms with E-state index in [1.54, 1.807) is 11.8 Å². The number of thioether (sulfide) groups is 1. The summed E-state index contributed by atoms with van der Waals surface area (Å²) >= 11 is 1.74. The first kappa shape index (κ1) is 25.2. The molecule has 0 radical (unpaired) electrons. The van der Waals surface area contributed by atoms with Crippen LogP contribution >= 0.6 is 11.8 Å². The van der Waals surface area contributed by atoms with Crippen LogP contribution in [0.25, 0.3) is 0 Å². The van der Waals surface area contributed by atoms with Gasteiger partial charge in [-0.05, 0) is 52.2 Å². The molecule has 0 bridgehead atoms. The van der Waals surface area contributed by atoms with Crippen molar-refractivity contribution in [2.75, 3.05) is 39.6 Å². The highest BCUT2D eigenvalue weighted by molar-refractivity contribution is 8.01.